The average Bonchev–Trinajstić information content (AvgIpc) is 2.36. The molecular weight excluding hydrogens is 174 g/mol. The van der Waals surface area contributed by atoms with Crippen molar-refractivity contribution in [3.63, 3.8) is 0 Å². The first-order valence-electron chi connectivity index (χ1n) is 3.49. The molecule has 1 heterocycles. The van der Waals surface area contributed by atoms with E-state index in [1.54, 1.807) is 0 Å². The SMILES string of the molecule is Cl.Cn1cccc1[C@H](N)CC#N. The van der Waals surface area contributed by atoms with Gasteiger partial charge in [0, 0.05) is 18.9 Å². The summed E-state index contributed by atoms with van der Waals surface area (Å²) in [7, 11) is 1.92. The summed E-state index contributed by atoms with van der Waals surface area (Å²) in [6.07, 6.45) is 2.30. The van der Waals surface area contributed by atoms with Gasteiger partial charge in [0.25, 0.3) is 0 Å². The van der Waals surface area contributed by atoms with Crippen molar-refractivity contribution in [2.24, 2.45) is 12.8 Å². The van der Waals surface area contributed by atoms with Crippen molar-refractivity contribution in [2.75, 3.05) is 0 Å². The van der Waals surface area contributed by atoms with Crippen LogP contribution in [-0.4, -0.2) is 4.57 Å². The Morgan fingerprint density at radius 1 is 1.75 bits per heavy atom. The first kappa shape index (κ1) is 11.0. The first-order valence-corrected chi connectivity index (χ1v) is 3.49. The van der Waals surface area contributed by atoms with Crippen LogP contribution in [-0.2, 0) is 7.05 Å². The summed E-state index contributed by atoms with van der Waals surface area (Å²) in [5.74, 6) is 0. The van der Waals surface area contributed by atoms with Crippen molar-refractivity contribution >= 4 is 12.4 Å². The lowest BCUT2D eigenvalue weighted by Crippen LogP contribution is -2.12. The minimum atomic E-state index is -0.153. The van der Waals surface area contributed by atoms with Crippen LogP contribution in [0.2, 0.25) is 0 Å². The monoisotopic (exact) mass is 185 g/mol. The summed E-state index contributed by atoms with van der Waals surface area (Å²) in [6, 6.07) is 5.75. The van der Waals surface area contributed by atoms with Gasteiger partial charge in [0.2, 0.25) is 0 Å². The van der Waals surface area contributed by atoms with Crippen LogP contribution in [0.1, 0.15) is 18.2 Å². The van der Waals surface area contributed by atoms with Crippen molar-refractivity contribution < 1.29 is 0 Å². The lowest BCUT2D eigenvalue weighted by atomic mass is 10.2. The van der Waals surface area contributed by atoms with Gasteiger partial charge in [-0.25, -0.2) is 0 Å². The van der Waals surface area contributed by atoms with Gasteiger partial charge in [-0.05, 0) is 12.1 Å². The van der Waals surface area contributed by atoms with Crippen LogP contribution >= 0.6 is 12.4 Å². The zero-order valence-corrected chi connectivity index (χ0v) is 7.71. The maximum absolute atomic E-state index is 8.39. The zero-order chi connectivity index (χ0) is 8.27. The van der Waals surface area contributed by atoms with Crippen LogP contribution in [0, 0.1) is 11.3 Å². The second kappa shape index (κ2) is 4.81. The lowest BCUT2D eigenvalue weighted by molar-refractivity contribution is 0.673. The third kappa shape index (κ3) is 2.26. The number of nitrogens with zero attached hydrogens (tertiary/aromatic N) is 2. The Labute approximate surface area is 78.2 Å². The third-order valence-electron chi connectivity index (χ3n) is 1.68. The van der Waals surface area contributed by atoms with Crippen LogP contribution < -0.4 is 5.73 Å². The smallest absolute Gasteiger partial charge is 0.0642 e. The number of hydrogen-bond acceptors (Lipinski definition) is 2. The molecule has 0 amide bonds. The molecule has 0 fully saturated rings. The lowest BCUT2D eigenvalue weighted by Gasteiger charge is -2.07. The molecule has 0 saturated heterocycles. The molecule has 66 valence electrons. The molecule has 0 aliphatic heterocycles. The molecule has 1 atom stereocenters. The molecule has 1 aromatic heterocycles. The van der Waals surface area contributed by atoms with Crippen LogP contribution in [0.4, 0.5) is 0 Å². The molecule has 2 N–H and O–H groups in total. The molecule has 0 aromatic carbocycles. The van der Waals surface area contributed by atoms with E-state index in [1.165, 1.54) is 0 Å². The molecule has 12 heavy (non-hydrogen) atoms. The standard InChI is InChI=1S/C8H11N3.ClH/c1-11-6-2-3-8(11)7(10)4-5-9;/h2-3,6-7H,4,10H2,1H3;1H/t7-;/m1./s1. The average molecular weight is 186 g/mol. The molecule has 0 spiro atoms. The molecule has 1 rings (SSSR count). The first-order chi connectivity index (χ1) is 5.25. The fourth-order valence-corrected chi connectivity index (χ4v) is 1.06. The van der Waals surface area contributed by atoms with E-state index in [4.69, 9.17) is 11.0 Å². The minimum absolute atomic E-state index is 0. The molecule has 0 radical (unpaired) electrons. The second-order valence-electron chi connectivity index (χ2n) is 2.51. The molecule has 4 heteroatoms. The third-order valence-corrected chi connectivity index (χ3v) is 1.68. The van der Waals surface area contributed by atoms with Gasteiger partial charge in [-0.2, -0.15) is 5.26 Å². The Kier molecular flexibility index (Phi) is 4.42. The number of nitriles is 1. The zero-order valence-electron chi connectivity index (χ0n) is 6.90. The van der Waals surface area contributed by atoms with Crippen molar-refractivity contribution in [3.8, 4) is 6.07 Å². The highest BCUT2D eigenvalue weighted by atomic mass is 35.5. The van der Waals surface area contributed by atoms with Gasteiger partial charge in [-0.3, -0.25) is 0 Å². The van der Waals surface area contributed by atoms with Crippen molar-refractivity contribution in [1.82, 2.24) is 4.57 Å². The summed E-state index contributed by atoms with van der Waals surface area (Å²) >= 11 is 0. The summed E-state index contributed by atoms with van der Waals surface area (Å²) in [5.41, 5.74) is 6.71. The van der Waals surface area contributed by atoms with Gasteiger partial charge >= 0.3 is 0 Å². The number of aryl methyl sites for hydroxylation is 1. The van der Waals surface area contributed by atoms with Gasteiger partial charge < -0.3 is 10.3 Å². The molecule has 0 saturated carbocycles. The topological polar surface area (TPSA) is 54.7 Å². The van der Waals surface area contributed by atoms with Gasteiger partial charge in [-0.15, -0.1) is 12.4 Å². The van der Waals surface area contributed by atoms with E-state index in [2.05, 4.69) is 0 Å². The van der Waals surface area contributed by atoms with Crippen molar-refractivity contribution in [2.45, 2.75) is 12.5 Å². The van der Waals surface area contributed by atoms with Crippen LogP contribution in [0.25, 0.3) is 0 Å². The molecule has 0 aliphatic carbocycles. The van der Waals surface area contributed by atoms with E-state index in [-0.39, 0.29) is 18.4 Å². The van der Waals surface area contributed by atoms with E-state index < -0.39 is 0 Å². The fraction of sp³-hybridized carbons (Fsp3) is 0.375. The number of rotatable bonds is 2. The van der Waals surface area contributed by atoms with E-state index in [0.29, 0.717) is 6.42 Å². The van der Waals surface area contributed by atoms with Gasteiger partial charge in [-0.1, -0.05) is 0 Å². The van der Waals surface area contributed by atoms with E-state index in [0.717, 1.165) is 5.69 Å². The predicted octanol–water partition coefficient (Wildman–Crippen LogP) is 1.36. The van der Waals surface area contributed by atoms with Crippen LogP contribution in [0.15, 0.2) is 18.3 Å². The van der Waals surface area contributed by atoms with E-state index >= 15 is 0 Å². The minimum Gasteiger partial charge on any atom is -0.353 e. The molecular formula is C8H12ClN3. The molecule has 1 aromatic rings. The van der Waals surface area contributed by atoms with Gasteiger partial charge in [0.15, 0.2) is 0 Å². The second-order valence-corrected chi connectivity index (χ2v) is 2.51. The highest BCUT2D eigenvalue weighted by Gasteiger charge is 2.06. The number of halogens is 1. The quantitative estimate of drug-likeness (QED) is 0.757. The van der Waals surface area contributed by atoms with E-state index in [9.17, 15) is 0 Å². The van der Waals surface area contributed by atoms with Crippen LogP contribution in [0.3, 0.4) is 0 Å². The summed E-state index contributed by atoms with van der Waals surface area (Å²) in [6.45, 7) is 0. The number of nitrogens with two attached hydrogens (primary N) is 1. The Morgan fingerprint density at radius 2 is 2.42 bits per heavy atom. The Balaban J connectivity index is 0.00000121. The van der Waals surface area contributed by atoms with E-state index in [1.807, 2.05) is 36.0 Å². The Morgan fingerprint density at radius 3 is 2.83 bits per heavy atom. The van der Waals surface area contributed by atoms with Gasteiger partial charge in [0.05, 0.1) is 18.5 Å². The molecule has 0 bridgehead atoms. The summed E-state index contributed by atoms with van der Waals surface area (Å²) < 4.78 is 1.93. The summed E-state index contributed by atoms with van der Waals surface area (Å²) in [5, 5.41) is 8.39. The highest BCUT2D eigenvalue weighted by Crippen LogP contribution is 2.12. The molecule has 0 unspecified atom stereocenters. The fourth-order valence-electron chi connectivity index (χ4n) is 1.06. The van der Waals surface area contributed by atoms with Crippen LogP contribution in [0.5, 0.6) is 0 Å². The number of hydrogen-bond donors (Lipinski definition) is 1. The van der Waals surface area contributed by atoms with Crippen molar-refractivity contribution in [3.05, 3.63) is 24.0 Å². The molecule has 3 nitrogen and oxygen atoms in total. The number of aromatic nitrogens is 1. The maximum Gasteiger partial charge on any atom is 0.0642 e. The maximum atomic E-state index is 8.39. The predicted molar refractivity (Wildman–Crippen MR) is 49.8 cm³/mol. The Hall–Kier alpha value is -0.980. The Bertz CT molecular complexity index is 274. The normalized spacial score (nSPS) is 11.4. The van der Waals surface area contributed by atoms with Crippen molar-refractivity contribution in [1.29, 1.82) is 5.26 Å². The molecule has 0 aliphatic rings. The highest BCUT2D eigenvalue weighted by molar-refractivity contribution is 5.85. The summed E-state index contributed by atoms with van der Waals surface area (Å²) in [4.78, 5) is 0. The largest absolute Gasteiger partial charge is 0.353 e. The van der Waals surface area contributed by atoms with Gasteiger partial charge in [0.1, 0.15) is 0 Å².